The van der Waals surface area contributed by atoms with Crippen LogP contribution in [0.25, 0.3) is 10.9 Å². The van der Waals surface area contributed by atoms with Crippen LogP contribution in [0.1, 0.15) is 21.7 Å². The summed E-state index contributed by atoms with van der Waals surface area (Å²) in [4.78, 5) is 32.7. The molecule has 0 aliphatic carbocycles. The van der Waals surface area contributed by atoms with Crippen molar-refractivity contribution < 1.29 is 14.3 Å². The van der Waals surface area contributed by atoms with Crippen molar-refractivity contribution in [2.24, 2.45) is 0 Å². The predicted molar refractivity (Wildman–Crippen MR) is 111 cm³/mol. The fourth-order valence-corrected chi connectivity index (χ4v) is 3.18. The Morgan fingerprint density at radius 1 is 1.03 bits per heavy atom. The molecule has 144 valence electrons. The zero-order valence-electron chi connectivity index (χ0n) is 15.8. The van der Waals surface area contributed by atoms with Gasteiger partial charge >= 0.3 is 0 Å². The normalized spacial score (nSPS) is 10.7. The number of hydrogen-bond acceptors (Lipinski definition) is 4. The van der Waals surface area contributed by atoms with Crippen LogP contribution >= 0.6 is 0 Å². The topological polar surface area (TPSA) is 84.1 Å². The maximum absolute atomic E-state index is 12.8. The number of ether oxygens (including phenoxy) is 1. The molecule has 4 aromatic rings. The predicted octanol–water partition coefficient (Wildman–Crippen LogP) is 4.27. The number of fused-ring (bicyclic) bond motifs is 1. The first kappa shape index (κ1) is 18.4. The van der Waals surface area contributed by atoms with Crippen molar-refractivity contribution >= 4 is 28.3 Å². The number of para-hydroxylation sites is 1. The number of nitrogens with zero attached hydrogens (tertiary/aromatic N) is 1. The first-order valence-electron chi connectivity index (χ1n) is 9.17. The second kappa shape index (κ2) is 7.98. The van der Waals surface area contributed by atoms with E-state index in [2.05, 4.69) is 15.3 Å². The second-order valence-electron chi connectivity index (χ2n) is 6.59. The molecule has 0 aliphatic rings. The third-order valence-electron chi connectivity index (χ3n) is 4.53. The zero-order chi connectivity index (χ0) is 20.2. The van der Waals surface area contributed by atoms with Gasteiger partial charge in [0.05, 0.1) is 11.3 Å². The van der Waals surface area contributed by atoms with Gasteiger partial charge in [0.2, 0.25) is 0 Å². The van der Waals surface area contributed by atoms with Gasteiger partial charge in [-0.15, -0.1) is 0 Å². The molecule has 2 N–H and O–H groups in total. The van der Waals surface area contributed by atoms with E-state index in [9.17, 15) is 9.59 Å². The largest absolute Gasteiger partial charge is 0.487 e. The average molecular weight is 385 g/mol. The Morgan fingerprint density at radius 2 is 1.86 bits per heavy atom. The molecule has 0 spiro atoms. The van der Waals surface area contributed by atoms with E-state index >= 15 is 0 Å². The van der Waals surface area contributed by atoms with E-state index in [1.165, 1.54) is 0 Å². The van der Waals surface area contributed by atoms with E-state index in [0.717, 1.165) is 16.6 Å². The number of H-pyrrole nitrogens is 1. The smallest absolute Gasteiger partial charge is 0.296 e. The van der Waals surface area contributed by atoms with Gasteiger partial charge in [0.15, 0.2) is 0 Å². The lowest BCUT2D eigenvalue weighted by atomic mass is 10.1. The summed E-state index contributed by atoms with van der Waals surface area (Å²) in [7, 11) is 0. The quantitative estimate of drug-likeness (QED) is 0.383. The minimum Gasteiger partial charge on any atom is -0.487 e. The Labute approximate surface area is 167 Å². The van der Waals surface area contributed by atoms with E-state index in [4.69, 9.17) is 4.74 Å². The zero-order valence-corrected chi connectivity index (χ0v) is 15.8. The third kappa shape index (κ3) is 4.01. The van der Waals surface area contributed by atoms with Gasteiger partial charge < -0.3 is 15.0 Å². The van der Waals surface area contributed by atoms with Gasteiger partial charge in [0.1, 0.15) is 12.4 Å². The molecular weight excluding hydrogens is 366 g/mol. The van der Waals surface area contributed by atoms with E-state index in [-0.39, 0.29) is 0 Å². The number of ketones is 1. The first-order chi connectivity index (χ1) is 14.1. The molecule has 2 heterocycles. The second-order valence-corrected chi connectivity index (χ2v) is 6.59. The molecular formula is C23H19N3O3. The van der Waals surface area contributed by atoms with Crippen LogP contribution < -0.4 is 10.1 Å². The fourth-order valence-electron chi connectivity index (χ4n) is 3.18. The molecule has 0 bridgehead atoms. The molecule has 4 rings (SSSR count). The molecule has 2 aromatic heterocycles. The molecule has 0 unspecified atom stereocenters. The average Bonchev–Trinajstić information content (AvgIpc) is 3.08. The lowest BCUT2D eigenvalue weighted by Gasteiger charge is -2.09. The van der Waals surface area contributed by atoms with E-state index in [0.29, 0.717) is 29.3 Å². The van der Waals surface area contributed by atoms with Crippen molar-refractivity contribution in [2.75, 3.05) is 5.32 Å². The Hall–Kier alpha value is -3.93. The van der Waals surface area contributed by atoms with Crippen LogP contribution in [0.2, 0.25) is 0 Å². The van der Waals surface area contributed by atoms with Gasteiger partial charge in [-0.25, -0.2) is 0 Å². The molecule has 0 saturated heterocycles. The molecule has 2 aromatic carbocycles. The summed E-state index contributed by atoms with van der Waals surface area (Å²) in [5.41, 5.74) is 3.16. The van der Waals surface area contributed by atoms with Gasteiger partial charge in [-0.1, -0.05) is 30.3 Å². The molecule has 1 amide bonds. The fraction of sp³-hybridized carbons (Fsp3) is 0.0870. The van der Waals surface area contributed by atoms with Gasteiger partial charge in [0, 0.05) is 34.5 Å². The van der Waals surface area contributed by atoms with Crippen LogP contribution in [0.4, 0.5) is 5.69 Å². The Kier molecular flexibility index (Phi) is 5.07. The number of aromatic nitrogens is 2. The Balaban J connectivity index is 1.48. The molecule has 0 aliphatic heterocycles. The summed E-state index contributed by atoms with van der Waals surface area (Å²) in [6, 6.07) is 19.9. The van der Waals surface area contributed by atoms with E-state index < -0.39 is 11.7 Å². The molecule has 29 heavy (non-hydrogen) atoms. The number of aromatic amines is 1. The number of hydrogen-bond donors (Lipinski definition) is 2. The molecule has 0 radical (unpaired) electrons. The van der Waals surface area contributed by atoms with E-state index in [1.807, 2.05) is 42.5 Å². The Morgan fingerprint density at radius 3 is 2.69 bits per heavy atom. The number of pyridine rings is 1. The number of anilines is 1. The molecule has 0 fully saturated rings. The summed E-state index contributed by atoms with van der Waals surface area (Å²) in [5.74, 6) is -0.705. The standard InChI is InChI=1S/C23H19N3O3/c1-15-21(19-10-2-3-11-20(19)25-15)22(27)23(28)26-16-8-6-9-18(13-16)29-14-17-7-4-5-12-24-17/h2-13,25H,14H2,1H3,(H,26,28). The van der Waals surface area contributed by atoms with Crippen LogP contribution in [0.3, 0.4) is 0 Å². The highest BCUT2D eigenvalue weighted by atomic mass is 16.5. The highest BCUT2D eigenvalue weighted by molar-refractivity contribution is 6.48. The maximum atomic E-state index is 12.8. The highest BCUT2D eigenvalue weighted by Gasteiger charge is 2.22. The van der Waals surface area contributed by atoms with Gasteiger partial charge in [0.25, 0.3) is 11.7 Å². The van der Waals surface area contributed by atoms with Crippen molar-refractivity contribution in [1.82, 2.24) is 9.97 Å². The lowest BCUT2D eigenvalue weighted by Crippen LogP contribution is -2.23. The molecule has 0 atom stereocenters. The van der Waals surface area contributed by atoms with Crippen molar-refractivity contribution in [3.8, 4) is 5.75 Å². The minimum atomic E-state index is -0.695. The summed E-state index contributed by atoms with van der Waals surface area (Å²) in [5, 5.41) is 3.40. The summed E-state index contributed by atoms with van der Waals surface area (Å²) in [6.07, 6.45) is 1.70. The van der Waals surface area contributed by atoms with Crippen molar-refractivity contribution in [1.29, 1.82) is 0 Å². The lowest BCUT2D eigenvalue weighted by molar-refractivity contribution is -0.112. The maximum Gasteiger partial charge on any atom is 0.296 e. The third-order valence-corrected chi connectivity index (χ3v) is 4.53. The van der Waals surface area contributed by atoms with E-state index in [1.54, 1.807) is 37.4 Å². The van der Waals surface area contributed by atoms with Crippen LogP contribution in [0.5, 0.6) is 5.75 Å². The number of nitrogens with one attached hydrogen (secondary N) is 2. The Bertz CT molecular complexity index is 1180. The van der Waals surface area contributed by atoms with Crippen LogP contribution in [0, 0.1) is 6.92 Å². The SMILES string of the molecule is Cc1[nH]c2ccccc2c1C(=O)C(=O)Nc1cccc(OCc2ccccn2)c1. The van der Waals surface area contributed by atoms with Crippen molar-refractivity contribution in [3.05, 3.63) is 89.9 Å². The number of Topliss-reactive ketones (excluding diaryl/α,β-unsaturated/α-hetero) is 1. The minimum absolute atomic E-state index is 0.311. The van der Waals surface area contributed by atoms with Crippen LogP contribution in [-0.2, 0) is 11.4 Å². The highest BCUT2D eigenvalue weighted by Crippen LogP contribution is 2.23. The number of carbonyl (C=O) groups excluding carboxylic acids is 2. The van der Waals surface area contributed by atoms with Crippen molar-refractivity contribution in [3.63, 3.8) is 0 Å². The number of benzene rings is 2. The van der Waals surface area contributed by atoms with Crippen LogP contribution in [-0.4, -0.2) is 21.7 Å². The van der Waals surface area contributed by atoms with Crippen molar-refractivity contribution in [2.45, 2.75) is 13.5 Å². The number of aryl methyl sites for hydroxylation is 1. The number of carbonyl (C=O) groups is 2. The molecule has 6 nitrogen and oxygen atoms in total. The monoisotopic (exact) mass is 385 g/mol. The van der Waals surface area contributed by atoms with Gasteiger partial charge in [-0.2, -0.15) is 0 Å². The summed E-state index contributed by atoms with van der Waals surface area (Å²) < 4.78 is 5.72. The van der Waals surface area contributed by atoms with Crippen LogP contribution in [0.15, 0.2) is 72.9 Å². The summed E-state index contributed by atoms with van der Waals surface area (Å²) in [6.45, 7) is 2.10. The van der Waals surface area contributed by atoms with Gasteiger partial charge in [-0.05, 0) is 37.3 Å². The number of rotatable bonds is 6. The molecule has 0 saturated carbocycles. The van der Waals surface area contributed by atoms with Gasteiger partial charge in [-0.3, -0.25) is 14.6 Å². The summed E-state index contributed by atoms with van der Waals surface area (Å²) >= 11 is 0. The number of amides is 1. The first-order valence-corrected chi connectivity index (χ1v) is 9.17. The molecule has 6 heteroatoms.